The fraction of sp³-hybridized carbons (Fsp3) is 0.471. The lowest BCUT2D eigenvalue weighted by Gasteiger charge is -2.33. The van der Waals surface area contributed by atoms with Crippen LogP contribution in [0.1, 0.15) is 31.1 Å². The molecule has 0 aliphatic carbocycles. The van der Waals surface area contributed by atoms with Crippen LogP contribution in [0.2, 0.25) is 0 Å². The summed E-state index contributed by atoms with van der Waals surface area (Å²) < 4.78 is 10.8. The molecule has 0 aliphatic heterocycles. The second kappa shape index (κ2) is 7.84. The highest BCUT2D eigenvalue weighted by Crippen LogP contribution is 2.28. The third-order valence-corrected chi connectivity index (χ3v) is 3.88. The molecule has 0 spiro atoms. The van der Waals surface area contributed by atoms with E-state index in [4.69, 9.17) is 15.2 Å². The van der Waals surface area contributed by atoms with Gasteiger partial charge in [0.2, 0.25) is 0 Å². The van der Waals surface area contributed by atoms with Gasteiger partial charge in [-0.1, -0.05) is 26.5 Å². The molecule has 1 unspecified atom stereocenters. The molecule has 1 atom stereocenters. The van der Waals surface area contributed by atoms with Gasteiger partial charge in [0.25, 0.3) is 5.91 Å². The van der Waals surface area contributed by atoms with Gasteiger partial charge in [-0.2, -0.15) is 0 Å². The maximum absolute atomic E-state index is 12.4. The fourth-order valence-corrected chi connectivity index (χ4v) is 1.84. The summed E-state index contributed by atoms with van der Waals surface area (Å²) in [4.78, 5) is 12.4. The number of amides is 1. The van der Waals surface area contributed by atoms with Crippen LogP contribution in [0.5, 0.6) is 11.5 Å². The van der Waals surface area contributed by atoms with Crippen molar-refractivity contribution >= 4 is 5.91 Å². The standard InChI is InChI=1S/C17H26N2O3/c1-6-9-22-14-8-7-13(10-15(14)21-5)16(20)19-17(4,11-18)12(2)3/h6-8,10,12H,1,9,11,18H2,2-5H3,(H,19,20). The van der Waals surface area contributed by atoms with Crippen molar-refractivity contribution in [1.82, 2.24) is 5.32 Å². The maximum atomic E-state index is 12.4. The molecular weight excluding hydrogens is 280 g/mol. The molecule has 3 N–H and O–H groups in total. The van der Waals surface area contributed by atoms with Gasteiger partial charge in [-0.15, -0.1) is 0 Å². The number of ether oxygens (including phenoxy) is 2. The number of hydrogen-bond acceptors (Lipinski definition) is 4. The minimum Gasteiger partial charge on any atom is -0.493 e. The van der Waals surface area contributed by atoms with Crippen molar-refractivity contribution in [2.45, 2.75) is 26.3 Å². The van der Waals surface area contributed by atoms with Crippen LogP contribution in [0, 0.1) is 5.92 Å². The first kappa shape index (κ1) is 18.0. The Morgan fingerprint density at radius 3 is 2.64 bits per heavy atom. The molecular formula is C17H26N2O3. The van der Waals surface area contributed by atoms with E-state index in [1.165, 1.54) is 7.11 Å². The zero-order chi connectivity index (χ0) is 16.8. The minimum absolute atomic E-state index is 0.185. The Morgan fingerprint density at radius 2 is 2.14 bits per heavy atom. The predicted octanol–water partition coefficient (Wildman–Crippen LogP) is 2.36. The van der Waals surface area contributed by atoms with Gasteiger partial charge in [0.15, 0.2) is 11.5 Å². The number of carbonyl (C=O) groups excluding carboxylic acids is 1. The average Bonchev–Trinajstić information content (AvgIpc) is 2.52. The minimum atomic E-state index is -0.456. The van der Waals surface area contributed by atoms with Crippen molar-refractivity contribution in [2.24, 2.45) is 11.7 Å². The van der Waals surface area contributed by atoms with Gasteiger partial charge in [-0.05, 0) is 31.0 Å². The SMILES string of the molecule is C=CCOc1ccc(C(=O)NC(C)(CN)C(C)C)cc1OC. The third-order valence-electron chi connectivity index (χ3n) is 3.88. The lowest BCUT2D eigenvalue weighted by atomic mass is 9.88. The topological polar surface area (TPSA) is 73.6 Å². The second-order valence-corrected chi connectivity index (χ2v) is 5.70. The quantitative estimate of drug-likeness (QED) is 0.723. The van der Waals surface area contributed by atoms with E-state index in [1.807, 2.05) is 20.8 Å². The van der Waals surface area contributed by atoms with Crippen molar-refractivity contribution in [3.8, 4) is 11.5 Å². The van der Waals surface area contributed by atoms with Crippen molar-refractivity contribution in [3.63, 3.8) is 0 Å². The molecule has 1 amide bonds. The summed E-state index contributed by atoms with van der Waals surface area (Å²) in [7, 11) is 1.54. The van der Waals surface area contributed by atoms with Crippen LogP contribution in [-0.4, -0.2) is 31.7 Å². The van der Waals surface area contributed by atoms with Gasteiger partial charge in [0.1, 0.15) is 6.61 Å². The first-order valence-corrected chi connectivity index (χ1v) is 7.32. The number of rotatable bonds is 8. The Labute approximate surface area is 132 Å². The maximum Gasteiger partial charge on any atom is 0.251 e. The first-order chi connectivity index (χ1) is 10.4. The highest BCUT2D eigenvalue weighted by atomic mass is 16.5. The molecule has 0 saturated carbocycles. The number of hydrogen-bond donors (Lipinski definition) is 2. The van der Waals surface area contributed by atoms with Gasteiger partial charge in [0, 0.05) is 12.1 Å². The van der Waals surface area contributed by atoms with E-state index in [0.29, 0.717) is 30.2 Å². The Morgan fingerprint density at radius 1 is 1.45 bits per heavy atom. The highest BCUT2D eigenvalue weighted by molar-refractivity contribution is 5.95. The van der Waals surface area contributed by atoms with Crippen LogP contribution in [0.25, 0.3) is 0 Å². The van der Waals surface area contributed by atoms with Crippen LogP contribution in [0.15, 0.2) is 30.9 Å². The molecule has 1 aromatic rings. The molecule has 22 heavy (non-hydrogen) atoms. The predicted molar refractivity (Wildman–Crippen MR) is 88.4 cm³/mol. The normalized spacial score (nSPS) is 13.4. The molecule has 0 fully saturated rings. The van der Waals surface area contributed by atoms with Crippen LogP contribution in [-0.2, 0) is 0 Å². The second-order valence-electron chi connectivity index (χ2n) is 5.70. The monoisotopic (exact) mass is 306 g/mol. The molecule has 0 bridgehead atoms. The summed E-state index contributed by atoms with van der Waals surface area (Å²) >= 11 is 0. The Bertz CT molecular complexity index is 529. The largest absolute Gasteiger partial charge is 0.493 e. The van der Waals surface area contributed by atoms with Crippen molar-refractivity contribution < 1.29 is 14.3 Å². The van der Waals surface area contributed by atoms with E-state index in [9.17, 15) is 4.79 Å². The molecule has 5 nitrogen and oxygen atoms in total. The Balaban J connectivity index is 2.97. The van der Waals surface area contributed by atoms with E-state index in [0.717, 1.165) is 0 Å². The van der Waals surface area contributed by atoms with Crippen LogP contribution < -0.4 is 20.5 Å². The lowest BCUT2D eigenvalue weighted by molar-refractivity contribution is 0.0883. The molecule has 0 saturated heterocycles. The summed E-state index contributed by atoms with van der Waals surface area (Å²) in [6.07, 6.45) is 1.65. The number of methoxy groups -OCH3 is 1. The molecule has 0 aromatic heterocycles. The molecule has 122 valence electrons. The van der Waals surface area contributed by atoms with E-state index in [-0.39, 0.29) is 11.8 Å². The summed E-state index contributed by atoms with van der Waals surface area (Å²) in [5.41, 5.74) is 5.85. The summed E-state index contributed by atoms with van der Waals surface area (Å²) in [6.45, 7) is 10.3. The third kappa shape index (κ3) is 4.24. The molecule has 5 heteroatoms. The number of nitrogens with one attached hydrogen (secondary N) is 1. The van der Waals surface area contributed by atoms with Crippen LogP contribution >= 0.6 is 0 Å². The van der Waals surface area contributed by atoms with Crippen LogP contribution in [0.3, 0.4) is 0 Å². The zero-order valence-corrected chi connectivity index (χ0v) is 13.8. The fourth-order valence-electron chi connectivity index (χ4n) is 1.84. The van der Waals surface area contributed by atoms with Crippen LogP contribution in [0.4, 0.5) is 0 Å². The van der Waals surface area contributed by atoms with E-state index in [1.54, 1.807) is 24.3 Å². The molecule has 0 radical (unpaired) electrons. The number of benzene rings is 1. The number of nitrogens with two attached hydrogens (primary N) is 1. The Kier molecular flexibility index (Phi) is 6.43. The summed E-state index contributed by atoms with van der Waals surface area (Å²) in [5.74, 6) is 1.12. The highest BCUT2D eigenvalue weighted by Gasteiger charge is 2.29. The van der Waals surface area contributed by atoms with Crippen molar-refractivity contribution in [1.29, 1.82) is 0 Å². The van der Waals surface area contributed by atoms with Gasteiger partial charge >= 0.3 is 0 Å². The Hall–Kier alpha value is -2.01. The smallest absolute Gasteiger partial charge is 0.251 e. The zero-order valence-electron chi connectivity index (χ0n) is 13.8. The summed E-state index contributed by atoms with van der Waals surface area (Å²) in [6, 6.07) is 5.07. The lowest BCUT2D eigenvalue weighted by Crippen LogP contribution is -2.55. The van der Waals surface area contributed by atoms with Gasteiger partial charge in [-0.3, -0.25) is 4.79 Å². The van der Waals surface area contributed by atoms with E-state index in [2.05, 4.69) is 11.9 Å². The molecule has 1 aromatic carbocycles. The first-order valence-electron chi connectivity index (χ1n) is 7.32. The summed E-state index contributed by atoms with van der Waals surface area (Å²) in [5, 5.41) is 3.00. The van der Waals surface area contributed by atoms with Gasteiger partial charge in [-0.25, -0.2) is 0 Å². The van der Waals surface area contributed by atoms with Crippen molar-refractivity contribution in [2.75, 3.05) is 20.3 Å². The number of carbonyl (C=O) groups is 1. The average molecular weight is 306 g/mol. The van der Waals surface area contributed by atoms with Gasteiger partial charge < -0.3 is 20.5 Å². The molecule has 0 heterocycles. The van der Waals surface area contributed by atoms with Crippen molar-refractivity contribution in [3.05, 3.63) is 36.4 Å². The molecule has 1 rings (SSSR count). The van der Waals surface area contributed by atoms with Gasteiger partial charge in [0.05, 0.1) is 12.6 Å². The van der Waals surface area contributed by atoms with E-state index >= 15 is 0 Å². The molecule has 0 aliphatic rings. The van der Waals surface area contributed by atoms with E-state index < -0.39 is 5.54 Å².